The smallest absolute Gasteiger partial charge is 0.218 e. The summed E-state index contributed by atoms with van der Waals surface area (Å²) in [6.07, 6.45) is 5.37. The number of likely N-dealkylation sites (tertiary alicyclic amines) is 1. The van der Waals surface area contributed by atoms with Gasteiger partial charge in [0.2, 0.25) is 10.0 Å². The summed E-state index contributed by atoms with van der Waals surface area (Å²) in [5.41, 5.74) is 1.86. The monoisotopic (exact) mass is 562 g/mol. The molecule has 1 aromatic rings. The van der Waals surface area contributed by atoms with E-state index in [1.54, 1.807) is 4.31 Å². The minimum absolute atomic E-state index is 0. The van der Waals surface area contributed by atoms with Gasteiger partial charge in [0.25, 0.3) is 0 Å². The first-order chi connectivity index (χ1) is 14.6. The van der Waals surface area contributed by atoms with Crippen molar-refractivity contribution in [2.75, 3.05) is 46.4 Å². The second-order valence-corrected chi connectivity index (χ2v) is 10.6. The minimum Gasteiger partial charge on any atom is -0.379 e. The molecule has 7 nitrogen and oxygen atoms in total. The van der Waals surface area contributed by atoms with Gasteiger partial charge in [-0.2, -0.15) is 4.31 Å². The zero-order chi connectivity index (χ0) is 21.0. The topological polar surface area (TPSA) is 74.2 Å². The van der Waals surface area contributed by atoms with E-state index in [2.05, 4.69) is 15.2 Å². The molecule has 174 valence electrons. The first-order valence-electron chi connectivity index (χ1n) is 11.1. The average Bonchev–Trinajstić information content (AvgIpc) is 3.20. The number of sulfonamides is 1. The van der Waals surface area contributed by atoms with Crippen molar-refractivity contribution in [1.29, 1.82) is 0 Å². The van der Waals surface area contributed by atoms with Gasteiger partial charge in [0.05, 0.1) is 19.0 Å². The number of aliphatic imine (C=N–C) groups is 1. The van der Waals surface area contributed by atoms with E-state index in [4.69, 9.17) is 4.74 Å². The van der Waals surface area contributed by atoms with Crippen LogP contribution in [0.3, 0.4) is 0 Å². The second-order valence-electron chi connectivity index (χ2n) is 8.65. The van der Waals surface area contributed by atoms with Crippen molar-refractivity contribution in [3.8, 4) is 0 Å². The Kier molecular flexibility index (Phi) is 9.01. The highest BCUT2D eigenvalue weighted by atomic mass is 127. The first kappa shape index (κ1) is 24.7. The Balaban J connectivity index is 0.00000272. The van der Waals surface area contributed by atoms with Gasteiger partial charge in [0, 0.05) is 39.8 Å². The molecule has 1 aliphatic carbocycles. The number of nitrogens with zero attached hydrogens (tertiary/aromatic N) is 3. The van der Waals surface area contributed by atoms with Crippen LogP contribution >= 0.6 is 24.0 Å². The molecule has 0 radical (unpaired) electrons. The molecule has 2 atom stereocenters. The lowest BCUT2D eigenvalue weighted by molar-refractivity contribution is 0.0729. The van der Waals surface area contributed by atoms with Crippen molar-refractivity contribution in [3.05, 3.63) is 35.4 Å². The number of rotatable bonds is 5. The van der Waals surface area contributed by atoms with E-state index in [0.717, 1.165) is 42.0 Å². The molecular weight excluding hydrogens is 527 g/mol. The van der Waals surface area contributed by atoms with Crippen LogP contribution in [0.4, 0.5) is 0 Å². The number of guanidine groups is 1. The van der Waals surface area contributed by atoms with Crippen LogP contribution in [0.25, 0.3) is 0 Å². The van der Waals surface area contributed by atoms with E-state index in [9.17, 15) is 8.42 Å². The summed E-state index contributed by atoms with van der Waals surface area (Å²) in [6, 6.07) is 7.80. The molecule has 0 bridgehead atoms. The van der Waals surface area contributed by atoms with Crippen LogP contribution < -0.4 is 5.32 Å². The number of ether oxygens (including phenoxy) is 1. The van der Waals surface area contributed by atoms with Crippen molar-refractivity contribution in [1.82, 2.24) is 14.5 Å². The number of fused-ring (bicyclic) bond motifs is 1. The number of morpholine rings is 1. The third-order valence-corrected chi connectivity index (χ3v) is 8.57. The number of hydrogen-bond acceptors (Lipinski definition) is 4. The number of hydrogen-bond donors (Lipinski definition) is 1. The van der Waals surface area contributed by atoms with Crippen LogP contribution in [0.2, 0.25) is 0 Å². The Morgan fingerprint density at radius 1 is 1.10 bits per heavy atom. The van der Waals surface area contributed by atoms with Crippen LogP contribution in [0.5, 0.6) is 0 Å². The fraction of sp³-hybridized carbons (Fsp3) is 0.682. The maximum atomic E-state index is 12.9. The third-order valence-electron chi connectivity index (χ3n) is 6.74. The molecule has 1 saturated carbocycles. The molecule has 1 aromatic carbocycles. The van der Waals surface area contributed by atoms with Gasteiger partial charge < -0.3 is 15.0 Å². The lowest BCUT2D eigenvalue weighted by Gasteiger charge is -2.26. The van der Waals surface area contributed by atoms with E-state index in [1.807, 2.05) is 31.3 Å². The molecule has 2 heterocycles. The summed E-state index contributed by atoms with van der Waals surface area (Å²) in [5.74, 6) is 2.54. The van der Waals surface area contributed by atoms with Gasteiger partial charge in [-0.15, -0.1) is 24.0 Å². The molecule has 3 aliphatic rings. The maximum Gasteiger partial charge on any atom is 0.218 e. The Labute approximate surface area is 203 Å². The minimum atomic E-state index is -3.35. The highest BCUT2D eigenvalue weighted by molar-refractivity contribution is 14.0. The van der Waals surface area contributed by atoms with E-state index >= 15 is 0 Å². The zero-order valence-electron chi connectivity index (χ0n) is 18.3. The Bertz CT molecular complexity index is 844. The molecule has 0 amide bonds. The second kappa shape index (κ2) is 11.3. The van der Waals surface area contributed by atoms with Gasteiger partial charge in [-0.1, -0.05) is 37.1 Å². The van der Waals surface area contributed by atoms with Gasteiger partial charge in [0.15, 0.2) is 5.96 Å². The Morgan fingerprint density at radius 2 is 1.71 bits per heavy atom. The molecule has 2 aliphatic heterocycles. The van der Waals surface area contributed by atoms with E-state index < -0.39 is 10.0 Å². The van der Waals surface area contributed by atoms with Crippen LogP contribution in [-0.4, -0.2) is 70.0 Å². The SMILES string of the molecule is CN=C(NCc1ccccc1CS(=O)(=O)N1CCOCC1)N1CC2CCCCC2C1.I. The lowest BCUT2D eigenvalue weighted by atomic mass is 9.82. The van der Waals surface area contributed by atoms with Gasteiger partial charge in [-0.3, -0.25) is 4.99 Å². The maximum absolute atomic E-state index is 12.9. The quantitative estimate of drug-likeness (QED) is 0.340. The molecule has 31 heavy (non-hydrogen) atoms. The van der Waals surface area contributed by atoms with Crippen LogP contribution in [-0.2, 0) is 27.1 Å². The third kappa shape index (κ3) is 6.11. The number of nitrogens with one attached hydrogen (secondary N) is 1. The predicted molar refractivity (Wildman–Crippen MR) is 134 cm³/mol. The van der Waals surface area contributed by atoms with Crippen molar-refractivity contribution >= 4 is 40.0 Å². The fourth-order valence-electron chi connectivity index (χ4n) is 5.07. The van der Waals surface area contributed by atoms with E-state index in [1.165, 1.54) is 25.7 Å². The van der Waals surface area contributed by atoms with Gasteiger partial charge in [-0.05, 0) is 35.8 Å². The van der Waals surface area contributed by atoms with E-state index in [-0.39, 0.29) is 29.7 Å². The first-order valence-corrected chi connectivity index (χ1v) is 12.8. The number of halogens is 1. The van der Waals surface area contributed by atoms with Crippen molar-refractivity contribution in [2.24, 2.45) is 16.8 Å². The van der Waals surface area contributed by atoms with Crippen LogP contribution in [0.1, 0.15) is 36.8 Å². The summed E-state index contributed by atoms with van der Waals surface area (Å²) in [4.78, 5) is 6.89. The molecule has 3 fully saturated rings. The lowest BCUT2D eigenvalue weighted by Crippen LogP contribution is -2.41. The standard InChI is InChI=1S/C22H34N4O3S.HI/c1-23-22(25-15-19-7-3-4-8-20(19)16-25)24-14-18-6-2-5-9-21(18)17-30(27,28)26-10-12-29-13-11-26;/h2,5-6,9,19-20H,3-4,7-8,10-17H2,1H3,(H,23,24);1H. The van der Waals surface area contributed by atoms with Crippen molar-refractivity contribution in [3.63, 3.8) is 0 Å². The highest BCUT2D eigenvalue weighted by Gasteiger charge is 2.35. The van der Waals surface area contributed by atoms with E-state index in [0.29, 0.717) is 32.8 Å². The summed E-state index contributed by atoms with van der Waals surface area (Å²) in [5, 5.41) is 3.49. The van der Waals surface area contributed by atoms with Crippen LogP contribution in [0.15, 0.2) is 29.3 Å². The zero-order valence-corrected chi connectivity index (χ0v) is 21.5. The van der Waals surface area contributed by atoms with Crippen LogP contribution in [0, 0.1) is 11.8 Å². The Morgan fingerprint density at radius 3 is 2.32 bits per heavy atom. The fourth-order valence-corrected chi connectivity index (χ4v) is 6.63. The summed E-state index contributed by atoms with van der Waals surface area (Å²) >= 11 is 0. The molecule has 1 N–H and O–H groups in total. The van der Waals surface area contributed by atoms with Gasteiger partial charge in [-0.25, -0.2) is 8.42 Å². The molecular formula is C22H35IN4O3S. The largest absolute Gasteiger partial charge is 0.379 e. The van der Waals surface area contributed by atoms with Crippen molar-refractivity contribution < 1.29 is 13.2 Å². The van der Waals surface area contributed by atoms with Crippen molar-refractivity contribution in [2.45, 2.75) is 38.0 Å². The molecule has 9 heteroatoms. The summed E-state index contributed by atoms with van der Waals surface area (Å²) in [6.45, 7) is 4.55. The molecule has 4 rings (SSSR count). The highest BCUT2D eigenvalue weighted by Crippen LogP contribution is 2.36. The van der Waals surface area contributed by atoms with Gasteiger partial charge >= 0.3 is 0 Å². The summed E-state index contributed by atoms with van der Waals surface area (Å²) in [7, 11) is -1.52. The summed E-state index contributed by atoms with van der Waals surface area (Å²) < 4.78 is 32.6. The molecule has 0 spiro atoms. The average molecular weight is 563 g/mol. The normalized spacial score (nSPS) is 25.1. The molecule has 2 saturated heterocycles. The predicted octanol–water partition coefficient (Wildman–Crippen LogP) is 2.66. The molecule has 0 aromatic heterocycles. The van der Waals surface area contributed by atoms with Gasteiger partial charge in [0.1, 0.15) is 0 Å². The molecule has 2 unspecified atom stereocenters. The Hall–Kier alpha value is -0.910. The number of benzene rings is 1.